The zero-order valence-electron chi connectivity index (χ0n) is 12.5. The Morgan fingerprint density at radius 3 is 2.91 bits per heavy atom. The Hall–Kier alpha value is -2.30. The molecule has 0 atom stereocenters. The lowest BCUT2D eigenvalue weighted by Crippen LogP contribution is -2.44. The number of nitrogens with zero attached hydrogens (tertiary/aromatic N) is 2. The topological polar surface area (TPSA) is 51.7 Å². The lowest BCUT2D eigenvalue weighted by molar-refractivity contribution is -0.137. The number of ether oxygens (including phenoxy) is 2. The van der Waals surface area contributed by atoms with Crippen molar-refractivity contribution in [1.29, 1.82) is 0 Å². The number of carbonyl (C=O) groups is 1. The molecule has 2 aromatic rings. The number of pyridine rings is 1. The average molecular weight is 298 g/mol. The molecule has 1 aromatic carbocycles. The smallest absolute Gasteiger partial charge is 0.261 e. The second-order valence-electron chi connectivity index (χ2n) is 5.91. The minimum atomic E-state index is 0.0596. The molecule has 114 valence electrons. The fourth-order valence-corrected chi connectivity index (χ4v) is 3.06. The van der Waals surface area contributed by atoms with E-state index in [-0.39, 0.29) is 12.5 Å². The molecule has 2 heterocycles. The van der Waals surface area contributed by atoms with Gasteiger partial charge in [0, 0.05) is 17.0 Å². The molecule has 0 N–H and O–H groups in total. The number of amides is 1. The van der Waals surface area contributed by atoms with Crippen LogP contribution in [0.1, 0.15) is 24.8 Å². The van der Waals surface area contributed by atoms with Gasteiger partial charge in [0.25, 0.3) is 5.91 Å². The lowest BCUT2D eigenvalue weighted by Gasteiger charge is -2.36. The summed E-state index contributed by atoms with van der Waals surface area (Å²) in [5.41, 5.74) is 1.82. The number of benzene rings is 1. The van der Waals surface area contributed by atoms with Crippen molar-refractivity contribution in [2.45, 2.75) is 31.8 Å². The van der Waals surface area contributed by atoms with Gasteiger partial charge >= 0.3 is 0 Å². The van der Waals surface area contributed by atoms with Crippen LogP contribution in [-0.4, -0.2) is 35.5 Å². The zero-order chi connectivity index (χ0) is 15.1. The van der Waals surface area contributed by atoms with Crippen LogP contribution in [0, 0.1) is 0 Å². The predicted molar refractivity (Wildman–Crippen MR) is 82.0 cm³/mol. The van der Waals surface area contributed by atoms with Crippen molar-refractivity contribution in [2.24, 2.45) is 0 Å². The van der Waals surface area contributed by atoms with Crippen molar-refractivity contribution in [2.75, 3.05) is 13.7 Å². The number of hydrogen-bond donors (Lipinski definition) is 0. The Morgan fingerprint density at radius 2 is 2.18 bits per heavy atom. The Balaban J connectivity index is 1.75. The molecule has 0 bridgehead atoms. The molecule has 1 fully saturated rings. The van der Waals surface area contributed by atoms with E-state index in [0.717, 1.165) is 35.1 Å². The van der Waals surface area contributed by atoms with Crippen LogP contribution in [0.25, 0.3) is 10.9 Å². The van der Waals surface area contributed by atoms with Crippen molar-refractivity contribution >= 4 is 16.8 Å². The maximum absolute atomic E-state index is 12.3. The van der Waals surface area contributed by atoms with E-state index in [1.54, 1.807) is 7.11 Å². The monoisotopic (exact) mass is 298 g/mol. The fourth-order valence-electron chi connectivity index (χ4n) is 3.06. The summed E-state index contributed by atoms with van der Waals surface area (Å²) in [5.74, 6) is 1.44. The van der Waals surface area contributed by atoms with Crippen LogP contribution in [0.15, 0.2) is 24.3 Å². The van der Waals surface area contributed by atoms with Crippen molar-refractivity contribution < 1.29 is 14.3 Å². The molecular weight excluding hydrogens is 280 g/mol. The van der Waals surface area contributed by atoms with Gasteiger partial charge in [0.1, 0.15) is 5.75 Å². The minimum Gasteiger partial charge on any atom is -0.497 e. The molecule has 4 rings (SSSR count). The average Bonchev–Trinajstić information content (AvgIpc) is 2.63. The van der Waals surface area contributed by atoms with Crippen molar-refractivity contribution in [3.8, 4) is 11.6 Å². The maximum atomic E-state index is 12.3. The third-order valence-corrected chi connectivity index (χ3v) is 4.57. The maximum Gasteiger partial charge on any atom is 0.261 e. The van der Waals surface area contributed by atoms with Gasteiger partial charge in [-0.25, -0.2) is 4.98 Å². The first-order valence-electron chi connectivity index (χ1n) is 7.64. The second kappa shape index (κ2) is 5.16. The molecule has 0 radical (unpaired) electrons. The molecule has 5 nitrogen and oxygen atoms in total. The van der Waals surface area contributed by atoms with E-state index >= 15 is 0 Å². The van der Waals surface area contributed by atoms with Crippen LogP contribution in [0.2, 0.25) is 0 Å². The lowest BCUT2D eigenvalue weighted by atomic mass is 9.91. The normalized spacial score (nSPS) is 18.4. The van der Waals surface area contributed by atoms with Gasteiger partial charge in [-0.05, 0) is 43.5 Å². The molecule has 2 aliphatic rings. The van der Waals surface area contributed by atoms with E-state index in [2.05, 4.69) is 11.1 Å². The highest BCUT2D eigenvalue weighted by Crippen LogP contribution is 2.32. The standard InChI is InChI=1S/C17H18N2O3/c1-21-14-5-6-15-11(8-14)7-12-9-19(13-3-2-4-13)16(20)10-22-17(12)18-15/h5-8,13H,2-4,9-10H2,1H3. The van der Waals surface area contributed by atoms with Gasteiger partial charge < -0.3 is 14.4 Å². The summed E-state index contributed by atoms with van der Waals surface area (Å²) < 4.78 is 10.9. The largest absolute Gasteiger partial charge is 0.497 e. The second-order valence-corrected chi connectivity index (χ2v) is 5.91. The molecule has 1 saturated carbocycles. The summed E-state index contributed by atoms with van der Waals surface area (Å²) in [4.78, 5) is 18.8. The van der Waals surface area contributed by atoms with Gasteiger partial charge in [-0.3, -0.25) is 4.79 Å². The number of methoxy groups -OCH3 is 1. The van der Waals surface area contributed by atoms with Crippen molar-refractivity contribution in [3.63, 3.8) is 0 Å². The van der Waals surface area contributed by atoms with Crippen molar-refractivity contribution in [1.82, 2.24) is 9.88 Å². The van der Waals surface area contributed by atoms with Gasteiger partial charge in [0.05, 0.1) is 19.2 Å². The van der Waals surface area contributed by atoms with Crippen LogP contribution in [0.5, 0.6) is 11.6 Å². The Labute approximate surface area is 128 Å². The van der Waals surface area contributed by atoms with E-state index in [9.17, 15) is 4.79 Å². The summed E-state index contributed by atoms with van der Waals surface area (Å²) in [6, 6.07) is 8.18. The van der Waals surface area contributed by atoms with E-state index in [1.165, 1.54) is 6.42 Å². The van der Waals surface area contributed by atoms with E-state index in [4.69, 9.17) is 9.47 Å². The van der Waals surface area contributed by atoms with Gasteiger partial charge in [-0.1, -0.05) is 0 Å². The van der Waals surface area contributed by atoms with Crippen LogP contribution in [0.3, 0.4) is 0 Å². The van der Waals surface area contributed by atoms with Gasteiger partial charge in [-0.15, -0.1) is 0 Å². The van der Waals surface area contributed by atoms with Crippen LogP contribution in [0.4, 0.5) is 0 Å². The van der Waals surface area contributed by atoms with Gasteiger partial charge in [-0.2, -0.15) is 0 Å². The summed E-state index contributed by atoms with van der Waals surface area (Å²) in [7, 11) is 1.65. The Kier molecular flexibility index (Phi) is 3.13. The molecule has 0 saturated heterocycles. The molecular formula is C17H18N2O3. The molecule has 5 heteroatoms. The van der Waals surface area contributed by atoms with Crippen molar-refractivity contribution in [3.05, 3.63) is 29.8 Å². The molecule has 1 aliphatic carbocycles. The minimum absolute atomic E-state index is 0.0596. The molecule has 22 heavy (non-hydrogen) atoms. The quantitative estimate of drug-likeness (QED) is 0.855. The molecule has 0 spiro atoms. The van der Waals surface area contributed by atoms with Crippen LogP contribution >= 0.6 is 0 Å². The van der Waals surface area contributed by atoms with E-state index in [1.807, 2.05) is 23.1 Å². The number of carbonyl (C=O) groups excluding carboxylic acids is 1. The fraction of sp³-hybridized carbons (Fsp3) is 0.412. The first-order chi connectivity index (χ1) is 10.7. The third kappa shape index (κ3) is 2.17. The zero-order valence-corrected chi connectivity index (χ0v) is 12.5. The highest BCUT2D eigenvalue weighted by atomic mass is 16.5. The van der Waals surface area contributed by atoms with E-state index < -0.39 is 0 Å². The van der Waals surface area contributed by atoms with Gasteiger partial charge in [0.15, 0.2) is 6.61 Å². The third-order valence-electron chi connectivity index (χ3n) is 4.57. The number of rotatable bonds is 2. The Morgan fingerprint density at radius 1 is 1.32 bits per heavy atom. The van der Waals surface area contributed by atoms with Crippen LogP contribution in [-0.2, 0) is 11.3 Å². The summed E-state index contributed by atoms with van der Waals surface area (Å²) in [5, 5.41) is 1.00. The van der Waals surface area contributed by atoms with E-state index in [0.29, 0.717) is 18.5 Å². The number of aromatic nitrogens is 1. The molecule has 0 unspecified atom stereocenters. The summed E-state index contributed by atoms with van der Waals surface area (Å²) in [6.07, 6.45) is 3.39. The SMILES string of the molecule is COc1ccc2nc3c(cc2c1)CN(C1CCC1)C(=O)CO3. The highest BCUT2D eigenvalue weighted by molar-refractivity contribution is 5.83. The number of fused-ring (bicyclic) bond motifs is 2. The molecule has 1 amide bonds. The predicted octanol–water partition coefficient (Wildman–Crippen LogP) is 2.52. The van der Waals surface area contributed by atoms with Gasteiger partial charge in [0.2, 0.25) is 5.88 Å². The summed E-state index contributed by atoms with van der Waals surface area (Å²) in [6.45, 7) is 0.664. The van der Waals surface area contributed by atoms with Crippen LogP contribution < -0.4 is 9.47 Å². The first kappa shape index (κ1) is 13.4. The first-order valence-corrected chi connectivity index (χ1v) is 7.64. The molecule has 1 aliphatic heterocycles. The highest BCUT2D eigenvalue weighted by Gasteiger charge is 2.32. The summed E-state index contributed by atoms with van der Waals surface area (Å²) >= 11 is 0. The molecule has 1 aromatic heterocycles. The Bertz CT molecular complexity index is 740. The number of hydrogen-bond acceptors (Lipinski definition) is 4.